The first kappa shape index (κ1) is 19.2. The molecule has 1 aromatic heterocycles. The number of nitrogens with zero attached hydrogens (tertiary/aromatic N) is 1. The van der Waals surface area contributed by atoms with Crippen molar-refractivity contribution in [2.24, 2.45) is 0 Å². The van der Waals surface area contributed by atoms with Crippen LogP contribution in [0.15, 0.2) is 18.2 Å². The highest BCUT2D eigenvalue weighted by Crippen LogP contribution is 2.35. The molecular weight excluding hydrogens is 365 g/mol. The molecule has 2 rings (SSSR count). The summed E-state index contributed by atoms with van der Waals surface area (Å²) in [5, 5.41) is 7.53. The van der Waals surface area contributed by atoms with Crippen LogP contribution in [0.4, 0.5) is 5.13 Å². The molecule has 7 heteroatoms. The summed E-state index contributed by atoms with van der Waals surface area (Å²) in [6.07, 6.45) is 0.655. The molecule has 0 saturated carbocycles. The second-order valence-electron chi connectivity index (χ2n) is 6.53. The van der Waals surface area contributed by atoms with Gasteiger partial charge in [-0.15, -0.1) is 11.3 Å². The van der Waals surface area contributed by atoms with Gasteiger partial charge in [0.15, 0.2) is 5.13 Å². The Hall–Kier alpha value is -1.14. The molecular formula is C17H21Cl2N3OS. The van der Waals surface area contributed by atoms with Gasteiger partial charge >= 0.3 is 0 Å². The predicted molar refractivity (Wildman–Crippen MR) is 103 cm³/mol. The lowest BCUT2D eigenvalue weighted by Gasteiger charge is -2.17. The number of halogens is 2. The normalized spacial score (nSPS) is 11.6. The summed E-state index contributed by atoms with van der Waals surface area (Å²) in [5.74, 6) is -0.109. The van der Waals surface area contributed by atoms with Crippen LogP contribution in [0.3, 0.4) is 0 Å². The molecule has 4 nitrogen and oxygen atoms in total. The van der Waals surface area contributed by atoms with Gasteiger partial charge in [0.2, 0.25) is 5.91 Å². The van der Waals surface area contributed by atoms with Crippen molar-refractivity contribution in [1.82, 2.24) is 10.3 Å². The second kappa shape index (κ2) is 7.83. The molecule has 0 atom stereocenters. The van der Waals surface area contributed by atoms with Crippen LogP contribution in [-0.4, -0.2) is 24.5 Å². The Morgan fingerprint density at radius 3 is 2.58 bits per heavy atom. The van der Waals surface area contributed by atoms with Gasteiger partial charge in [0.1, 0.15) is 0 Å². The van der Waals surface area contributed by atoms with Crippen molar-refractivity contribution in [3.8, 4) is 0 Å². The number of thiazole rings is 1. The number of aromatic nitrogens is 1. The number of carbonyl (C=O) groups is 1. The lowest BCUT2D eigenvalue weighted by Crippen LogP contribution is -2.25. The van der Waals surface area contributed by atoms with E-state index >= 15 is 0 Å². The fourth-order valence-corrected chi connectivity index (χ4v) is 3.96. The van der Waals surface area contributed by atoms with Crippen LogP contribution in [0.2, 0.25) is 10.0 Å². The number of likely N-dealkylation sites (N-methyl/N-ethyl adjacent to an activating group) is 1. The number of hydrogen-bond acceptors (Lipinski definition) is 4. The number of anilines is 1. The van der Waals surface area contributed by atoms with E-state index in [1.54, 1.807) is 13.1 Å². The quantitative estimate of drug-likeness (QED) is 0.796. The van der Waals surface area contributed by atoms with E-state index in [9.17, 15) is 4.79 Å². The minimum Gasteiger partial charge on any atom is -0.311 e. The van der Waals surface area contributed by atoms with Crippen molar-refractivity contribution in [3.63, 3.8) is 0 Å². The molecule has 130 valence electrons. The fraction of sp³-hybridized carbons (Fsp3) is 0.412. The Morgan fingerprint density at radius 2 is 2.00 bits per heavy atom. The minimum absolute atomic E-state index is 0.109. The summed E-state index contributed by atoms with van der Waals surface area (Å²) in [6.45, 7) is 6.57. The molecule has 2 N–H and O–H groups in total. The van der Waals surface area contributed by atoms with E-state index in [1.165, 1.54) is 11.3 Å². The molecule has 24 heavy (non-hydrogen) atoms. The summed E-state index contributed by atoms with van der Waals surface area (Å²) in [4.78, 5) is 17.5. The minimum atomic E-state index is -0.128. The maximum atomic E-state index is 11.8. The van der Waals surface area contributed by atoms with Crippen molar-refractivity contribution in [2.75, 3.05) is 18.9 Å². The topological polar surface area (TPSA) is 54.0 Å². The zero-order valence-electron chi connectivity index (χ0n) is 14.2. The number of carbonyl (C=O) groups excluding carboxylic acids is 1. The van der Waals surface area contributed by atoms with E-state index in [-0.39, 0.29) is 17.9 Å². The fourth-order valence-electron chi connectivity index (χ4n) is 2.27. The van der Waals surface area contributed by atoms with E-state index in [0.717, 1.165) is 16.1 Å². The van der Waals surface area contributed by atoms with Gasteiger partial charge in [-0.2, -0.15) is 0 Å². The Bertz CT molecular complexity index is 738. The van der Waals surface area contributed by atoms with E-state index in [1.807, 2.05) is 12.1 Å². The Labute approximate surface area is 156 Å². The first-order chi connectivity index (χ1) is 11.2. The Kier molecular flexibility index (Phi) is 6.26. The zero-order chi connectivity index (χ0) is 17.9. The molecule has 1 heterocycles. The third-order valence-corrected chi connectivity index (χ3v) is 4.92. The van der Waals surface area contributed by atoms with Crippen LogP contribution in [0.1, 0.15) is 36.9 Å². The summed E-state index contributed by atoms with van der Waals surface area (Å²) < 4.78 is 0. The highest BCUT2D eigenvalue weighted by Gasteiger charge is 2.24. The van der Waals surface area contributed by atoms with Crippen molar-refractivity contribution in [2.45, 2.75) is 32.6 Å². The standard InChI is InChI=1S/C17H21Cl2N3OS/c1-17(2,3)15-13(7-10-5-6-11(18)8-12(10)19)24-16(22-15)21-14(23)9-20-4/h5-6,8,20H,7,9H2,1-4H3,(H,21,22,23). The summed E-state index contributed by atoms with van der Waals surface area (Å²) in [5.41, 5.74) is 1.83. The van der Waals surface area contributed by atoms with Gasteiger partial charge in [0.25, 0.3) is 0 Å². The smallest absolute Gasteiger partial charge is 0.240 e. The maximum absolute atomic E-state index is 11.8. The Balaban J connectivity index is 2.33. The zero-order valence-corrected chi connectivity index (χ0v) is 16.5. The van der Waals surface area contributed by atoms with Crippen LogP contribution in [0.25, 0.3) is 0 Å². The van der Waals surface area contributed by atoms with Gasteiger partial charge in [-0.1, -0.05) is 50.0 Å². The molecule has 0 saturated heterocycles. The monoisotopic (exact) mass is 385 g/mol. The second-order valence-corrected chi connectivity index (χ2v) is 8.46. The van der Waals surface area contributed by atoms with Crippen molar-refractivity contribution < 1.29 is 4.79 Å². The van der Waals surface area contributed by atoms with Crippen molar-refractivity contribution >= 4 is 45.6 Å². The molecule has 1 aromatic carbocycles. The number of hydrogen-bond donors (Lipinski definition) is 2. The number of benzene rings is 1. The molecule has 0 aliphatic carbocycles. The highest BCUT2D eigenvalue weighted by atomic mass is 35.5. The van der Waals surface area contributed by atoms with Crippen LogP contribution >= 0.6 is 34.5 Å². The SMILES string of the molecule is CNCC(=O)Nc1nc(C(C)(C)C)c(Cc2ccc(Cl)cc2Cl)s1. The number of amides is 1. The first-order valence-corrected chi connectivity index (χ1v) is 9.16. The van der Waals surface area contributed by atoms with E-state index in [4.69, 9.17) is 23.2 Å². The molecule has 0 fully saturated rings. The highest BCUT2D eigenvalue weighted by molar-refractivity contribution is 7.15. The third-order valence-electron chi connectivity index (χ3n) is 3.36. The summed E-state index contributed by atoms with van der Waals surface area (Å²) >= 11 is 13.8. The van der Waals surface area contributed by atoms with E-state index in [0.29, 0.717) is 21.6 Å². The van der Waals surface area contributed by atoms with Crippen LogP contribution in [0, 0.1) is 0 Å². The van der Waals surface area contributed by atoms with E-state index < -0.39 is 0 Å². The maximum Gasteiger partial charge on any atom is 0.240 e. The third kappa shape index (κ3) is 4.93. The van der Waals surface area contributed by atoms with Crippen molar-refractivity contribution in [3.05, 3.63) is 44.4 Å². The number of rotatable bonds is 5. The summed E-state index contributed by atoms with van der Waals surface area (Å²) in [7, 11) is 1.73. The first-order valence-electron chi connectivity index (χ1n) is 7.59. The molecule has 0 aliphatic heterocycles. The van der Waals surface area contributed by atoms with Crippen molar-refractivity contribution in [1.29, 1.82) is 0 Å². The van der Waals surface area contributed by atoms with Crippen LogP contribution in [-0.2, 0) is 16.6 Å². The molecule has 0 bridgehead atoms. The molecule has 0 aliphatic rings. The largest absolute Gasteiger partial charge is 0.311 e. The molecule has 1 amide bonds. The molecule has 0 spiro atoms. The van der Waals surface area contributed by atoms with Gasteiger partial charge < -0.3 is 10.6 Å². The van der Waals surface area contributed by atoms with Gasteiger partial charge in [0.05, 0.1) is 12.2 Å². The van der Waals surface area contributed by atoms with Gasteiger partial charge in [-0.3, -0.25) is 4.79 Å². The molecule has 2 aromatic rings. The molecule has 0 radical (unpaired) electrons. The average Bonchev–Trinajstić information content (AvgIpc) is 2.85. The number of nitrogens with one attached hydrogen (secondary N) is 2. The lowest BCUT2D eigenvalue weighted by atomic mass is 9.90. The van der Waals surface area contributed by atoms with Crippen LogP contribution in [0.5, 0.6) is 0 Å². The Morgan fingerprint density at radius 1 is 1.29 bits per heavy atom. The average molecular weight is 386 g/mol. The summed E-state index contributed by atoms with van der Waals surface area (Å²) in [6, 6.07) is 5.50. The lowest BCUT2D eigenvalue weighted by molar-refractivity contribution is -0.115. The van der Waals surface area contributed by atoms with Gasteiger partial charge in [-0.05, 0) is 24.7 Å². The van der Waals surface area contributed by atoms with Gasteiger partial charge in [0, 0.05) is 26.8 Å². The van der Waals surface area contributed by atoms with Gasteiger partial charge in [-0.25, -0.2) is 4.98 Å². The van der Waals surface area contributed by atoms with E-state index in [2.05, 4.69) is 36.4 Å². The molecule has 0 unspecified atom stereocenters. The predicted octanol–water partition coefficient (Wildman–Crippen LogP) is 4.50. The van der Waals surface area contributed by atoms with Crippen LogP contribution < -0.4 is 10.6 Å².